The van der Waals surface area contributed by atoms with Gasteiger partial charge in [-0.15, -0.1) is 0 Å². The van der Waals surface area contributed by atoms with Crippen LogP contribution in [0.5, 0.6) is 0 Å². The third-order valence-corrected chi connectivity index (χ3v) is 1.97. The normalized spacial score (nSPS) is 19.8. The molecule has 1 atom stereocenters. The molecule has 0 heterocycles. The van der Waals surface area contributed by atoms with E-state index in [1.165, 1.54) is 24.0 Å². The van der Waals surface area contributed by atoms with E-state index in [0.717, 1.165) is 0 Å². The molecule has 0 saturated heterocycles. The van der Waals surface area contributed by atoms with Gasteiger partial charge in [0, 0.05) is 0 Å². The Kier molecular flexibility index (Phi) is 4.89. The molecule has 2 N–H and O–H groups in total. The van der Waals surface area contributed by atoms with E-state index < -0.39 is 6.16 Å². The van der Waals surface area contributed by atoms with Crippen molar-refractivity contribution < 1.29 is 15.0 Å². The van der Waals surface area contributed by atoms with Crippen LogP contribution in [0.25, 0.3) is 0 Å². The van der Waals surface area contributed by atoms with Crippen molar-refractivity contribution in [3.63, 3.8) is 0 Å². The number of hydrogen-bond acceptors (Lipinski definition) is 1. The van der Waals surface area contributed by atoms with Crippen molar-refractivity contribution in [2.75, 3.05) is 0 Å². The lowest BCUT2D eigenvalue weighted by atomic mass is 10.0. The lowest BCUT2D eigenvalue weighted by Crippen LogP contribution is -1.89. The van der Waals surface area contributed by atoms with Gasteiger partial charge in [-0.05, 0) is 32.6 Å². The lowest BCUT2D eigenvalue weighted by molar-refractivity contribution is 0.137. The van der Waals surface area contributed by atoms with E-state index in [1.807, 2.05) is 0 Å². The summed E-state index contributed by atoms with van der Waals surface area (Å²) in [7, 11) is 0. The van der Waals surface area contributed by atoms with Crippen LogP contribution >= 0.6 is 0 Å². The maximum absolute atomic E-state index is 8.56. The molecule has 0 bridgehead atoms. The molecular formula is C10H16O3. The largest absolute Gasteiger partial charge is 0.503 e. The van der Waals surface area contributed by atoms with Gasteiger partial charge in [-0.1, -0.05) is 23.8 Å². The van der Waals surface area contributed by atoms with E-state index in [1.54, 1.807) is 0 Å². The summed E-state index contributed by atoms with van der Waals surface area (Å²) in [5.74, 6) is 0.685. The van der Waals surface area contributed by atoms with Crippen molar-refractivity contribution in [3.05, 3.63) is 23.8 Å². The predicted molar refractivity (Wildman–Crippen MR) is 51.9 cm³/mol. The van der Waals surface area contributed by atoms with Crippen molar-refractivity contribution in [1.82, 2.24) is 0 Å². The first-order chi connectivity index (χ1) is 5.93. The van der Waals surface area contributed by atoms with E-state index in [-0.39, 0.29) is 0 Å². The zero-order valence-corrected chi connectivity index (χ0v) is 8.08. The molecule has 3 nitrogen and oxygen atoms in total. The van der Waals surface area contributed by atoms with Crippen molar-refractivity contribution >= 4 is 6.16 Å². The van der Waals surface area contributed by atoms with Crippen LogP contribution in [0.15, 0.2) is 23.8 Å². The van der Waals surface area contributed by atoms with Crippen molar-refractivity contribution in [2.45, 2.75) is 26.7 Å². The molecule has 0 amide bonds. The zero-order chi connectivity index (χ0) is 10.4. The van der Waals surface area contributed by atoms with Gasteiger partial charge in [-0.25, -0.2) is 4.79 Å². The van der Waals surface area contributed by atoms with Gasteiger partial charge in [0.1, 0.15) is 0 Å². The Morgan fingerprint density at radius 3 is 2.23 bits per heavy atom. The number of carbonyl (C=O) groups is 1. The van der Waals surface area contributed by atoms with Crippen LogP contribution < -0.4 is 0 Å². The van der Waals surface area contributed by atoms with Gasteiger partial charge in [0.05, 0.1) is 0 Å². The fourth-order valence-corrected chi connectivity index (χ4v) is 1.28. The Hall–Kier alpha value is -1.25. The molecule has 0 aliphatic heterocycles. The number of allylic oxidation sites excluding steroid dienone is 3. The molecule has 0 aromatic carbocycles. The molecule has 0 radical (unpaired) electrons. The highest BCUT2D eigenvalue weighted by atomic mass is 16.6. The summed E-state index contributed by atoms with van der Waals surface area (Å²) in [4.78, 5) is 8.56. The van der Waals surface area contributed by atoms with Crippen LogP contribution in [0.1, 0.15) is 26.7 Å². The average molecular weight is 184 g/mol. The number of hydrogen-bond donors (Lipinski definition) is 2. The molecule has 1 unspecified atom stereocenters. The first kappa shape index (κ1) is 11.8. The molecule has 0 aromatic heterocycles. The predicted octanol–water partition coefficient (Wildman–Crippen LogP) is 3.14. The summed E-state index contributed by atoms with van der Waals surface area (Å²) < 4.78 is 0. The van der Waals surface area contributed by atoms with Crippen LogP contribution in [0.4, 0.5) is 4.79 Å². The van der Waals surface area contributed by atoms with E-state index in [4.69, 9.17) is 15.0 Å². The van der Waals surface area contributed by atoms with Crippen molar-refractivity contribution in [3.8, 4) is 0 Å². The van der Waals surface area contributed by atoms with Crippen LogP contribution in [0.2, 0.25) is 0 Å². The fraction of sp³-hybridized carbons (Fsp3) is 0.500. The Morgan fingerprint density at radius 2 is 2.08 bits per heavy atom. The molecule has 13 heavy (non-hydrogen) atoms. The van der Waals surface area contributed by atoms with Crippen molar-refractivity contribution in [1.29, 1.82) is 0 Å². The van der Waals surface area contributed by atoms with Crippen LogP contribution in [-0.2, 0) is 0 Å². The van der Waals surface area contributed by atoms with E-state index >= 15 is 0 Å². The summed E-state index contributed by atoms with van der Waals surface area (Å²) in [5, 5.41) is 13.9. The topological polar surface area (TPSA) is 57.5 Å². The Balaban J connectivity index is 0.000000310. The average Bonchev–Trinajstić information content (AvgIpc) is 2.34. The third kappa shape index (κ3) is 5.96. The van der Waals surface area contributed by atoms with Gasteiger partial charge < -0.3 is 10.2 Å². The Morgan fingerprint density at radius 1 is 1.62 bits per heavy atom. The van der Waals surface area contributed by atoms with Gasteiger partial charge in [0.15, 0.2) is 0 Å². The second kappa shape index (κ2) is 5.41. The smallest absolute Gasteiger partial charge is 0.450 e. The minimum atomic E-state index is -1.83. The summed E-state index contributed by atoms with van der Waals surface area (Å²) in [5.41, 5.74) is 2.84. The highest BCUT2D eigenvalue weighted by Crippen LogP contribution is 2.27. The molecule has 0 fully saturated rings. The van der Waals surface area contributed by atoms with Crippen LogP contribution in [-0.4, -0.2) is 16.4 Å². The third-order valence-electron chi connectivity index (χ3n) is 1.97. The molecule has 1 aliphatic rings. The number of carboxylic acid groups (broad SMARTS) is 2. The fourth-order valence-electron chi connectivity index (χ4n) is 1.28. The highest BCUT2D eigenvalue weighted by molar-refractivity contribution is 5.53. The Labute approximate surface area is 78.4 Å². The van der Waals surface area contributed by atoms with Gasteiger partial charge >= 0.3 is 6.16 Å². The summed E-state index contributed by atoms with van der Waals surface area (Å²) in [6.07, 6.45) is 3.07. The standard InChI is InChI=1S/C9H14.CH2O3/c1-7(2)9-5-4-8(3)6-9;2-1(3)4/h6,9H,1,4-5H2,2-3H3;(H2,2,3,4). The molecule has 1 aliphatic carbocycles. The first-order valence-electron chi connectivity index (χ1n) is 4.18. The molecule has 3 heteroatoms. The molecule has 1 rings (SSSR count). The van der Waals surface area contributed by atoms with E-state index in [0.29, 0.717) is 5.92 Å². The monoisotopic (exact) mass is 184 g/mol. The van der Waals surface area contributed by atoms with Gasteiger partial charge in [0.25, 0.3) is 0 Å². The maximum atomic E-state index is 8.56. The zero-order valence-electron chi connectivity index (χ0n) is 8.08. The quantitative estimate of drug-likeness (QED) is 0.615. The summed E-state index contributed by atoms with van der Waals surface area (Å²) in [6, 6.07) is 0. The second-order valence-electron chi connectivity index (χ2n) is 3.29. The Bertz CT molecular complexity index is 224. The van der Waals surface area contributed by atoms with Crippen molar-refractivity contribution in [2.24, 2.45) is 5.92 Å². The molecular weight excluding hydrogens is 168 g/mol. The number of rotatable bonds is 1. The second-order valence-corrected chi connectivity index (χ2v) is 3.29. The SMILES string of the molecule is C=C(C)C1C=C(C)CC1.O=C(O)O. The van der Waals surface area contributed by atoms with Gasteiger partial charge in [-0.2, -0.15) is 0 Å². The van der Waals surface area contributed by atoms with Gasteiger partial charge in [0.2, 0.25) is 0 Å². The van der Waals surface area contributed by atoms with Crippen LogP contribution in [0, 0.1) is 5.92 Å². The lowest BCUT2D eigenvalue weighted by Gasteiger charge is -2.03. The minimum Gasteiger partial charge on any atom is -0.450 e. The minimum absolute atomic E-state index is 0.685. The molecule has 74 valence electrons. The molecule has 0 aromatic rings. The maximum Gasteiger partial charge on any atom is 0.503 e. The van der Waals surface area contributed by atoms with E-state index in [2.05, 4.69) is 26.5 Å². The molecule has 0 saturated carbocycles. The molecule has 0 spiro atoms. The first-order valence-corrected chi connectivity index (χ1v) is 4.18. The summed E-state index contributed by atoms with van der Waals surface area (Å²) >= 11 is 0. The van der Waals surface area contributed by atoms with Gasteiger partial charge in [-0.3, -0.25) is 0 Å². The van der Waals surface area contributed by atoms with Crippen LogP contribution in [0.3, 0.4) is 0 Å². The highest BCUT2D eigenvalue weighted by Gasteiger charge is 2.12. The van der Waals surface area contributed by atoms with E-state index in [9.17, 15) is 0 Å². The summed E-state index contributed by atoms with van der Waals surface area (Å²) in [6.45, 7) is 8.24.